The van der Waals surface area contributed by atoms with Gasteiger partial charge in [-0.3, -0.25) is 4.79 Å². The molecule has 0 fully saturated rings. The summed E-state index contributed by atoms with van der Waals surface area (Å²) in [6.45, 7) is 3.05. The molecule has 1 unspecified atom stereocenters. The van der Waals surface area contributed by atoms with Crippen LogP contribution < -0.4 is 21.1 Å². The van der Waals surface area contributed by atoms with Crippen LogP contribution in [0.15, 0.2) is 18.2 Å². The molecule has 1 aliphatic rings. The maximum absolute atomic E-state index is 11.9. The molecule has 1 aromatic carbocycles. The fourth-order valence-corrected chi connectivity index (χ4v) is 2.06. The van der Waals surface area contributed by atoms with E-state index in [1.807, 2.05) is 25.1 Å². The molecule has 1 atom stereocenters. The lowest BCUT2D eigenvalue weighted by atomic mass is 10.1. The zero-order valence-corrected chi connectivity index (χ0v) is 10.6. The quantitative estimate of drug-likeness (QED) is 0.802. The molecule has 0 saturated carbocycles. The minimum atomic E-state index is -0.0712. The first-order valence-electron chi connectivity index (χ1n) is 6.13. The van der Waals surface area contributed by atoms with Gasteiger partial charge in [0, 0.05) is 12.6 Å². The molecule has 1 aliphatic heterocycles. The van der Waals surface area contributed by atoms with Crippen molar-refractivity contribution in [3.05, 3.63) is 23.8 Å². The van der Waals surface area contributed by atoms with E-state index in [0.717, 1.165) is 23.4 Å². The molecule has 1 amide bonds. The summed E-state index contributed by atoms with van der Waals surface area (Å²) >= 11 is 0. The molecule has 0 aliphatic carbocycles. The molecule has 4 N–H and O–H groups in total. The molecular weight excluding hydrogens is 230 g/mol. The van der Waals surface area contributed by atoms with E-state index < -0.39 is 0 Å². The molecule has 98 valence electrons. The molecule has 1 aromatic rings. The van der Waals surface area contributed by atoms with Crippen LogP contribution in [0.5, 0.6) is 5.75 Å². The Balaban J connectivity index is 2.33. The van der Waals surface area contributed by atoms with Gasteiger partial charge in [0.25, 0.3) is 5.91 Å². The number of benzene rings is 1. The van der Waals surface area contributed by atoms with Gasteiger partial charge in [-0.1, -0.05) is 6.07 Å². The summed E-state index contributed by atoms with van der Waals surface area (Å²) in [5, 5.41) is 0. The van der Waals surface area contributed by atoms with Gasteiger partial charge in [0.2, 0.25) is 0 Å². The van der Waals surface area contributed by atoms with Crippen molar-refractivity contribution < 1.29 is 9.53 Å². The summed E-state index contributed by atoms with van der Waals surface area (Å²) in [4.78, 5) is 13.6. The number of carbonyl (C=O) groups is 1. The first-order chi connectivity index (χ1) is 8.61. The summed E-state index contributed by atoms with van der Waals surface area (Å²) in [7, 11) is 0. The first-order valence-corrected chi connectivity index (χ1v) is 6.13. The van der Waals surface area contributed by atoms with Crippen LogP contribution in [-0.4, -0.2) is 31.6 Å². The van der Waals surface area contributed by atoms with E-state index >= 15 is 0 Å². The zero-order valence-electron chi connectivity index (χ0n) is 10.6. The summed E-state index contributed by atoms with van der Waals surface area (Å²) in [6, 6.07) is 5.76. The topological polar surface area (TPSA) is 81.6 Å². The van der Waals surface area contributed by atoms with Crippen LogP contribution in [0.4, 0.5) is 5.69 Å². The van der Waals surface area contributed by atoms with Crippen LogP contribution in [-0.2, 0) is 11.2 Å². The van der Waals surface area contributed by atoms with Crippen LogP contribution in [0.1, 0.15) is 12.5 Å². The van der Waals surface area contributed by atoms with Gasteiger partial charge in [0.15, 0.2) is 6.61 Å². The van der Waals surface area contributed by atoms with Gasteiger partial charge in [-0.25, -0.2) is 0 Å². The van der Waals surface area contributed by atoms with Gasteiger partial charge < -0.3 is 21.1 Å². The third kappa shape index (κ3) is 2.63. The predicted molar refractivity (Wildman–Crippen MR) is 70.7 cm³/mol. The van der Waals surface area contributed by atoms with Crippen molar-refractivity contribution >= 4 is 11.6 Å². The standard InChI is InChI=1S/C13H19N3O2/c1-9(15)7-16-11-6-10(4-5-14)2-3-12(11)18-8-13(16)17/h2-3,6,9H,4-5,7-8,14-15H2,1H3. The minimum absolute atomic E-state index is 0.0512. The molecule has 0 aromatic heterocycles. The van der Waals surface area contributed by atoms with Crippen LogP contribution >= 0.6 is 0 Å². The van der Waals surface area contributed by atoms with E-state index in [1.165, 1.54) is 0 Å². The number of nitrogens with zero attached hydrogens (tertiary/aromatic N) is 1. The first kappa shape index (κ1) is 12.9. The Labute approximate surface area is 107 Å². The average molecular weight is 249 g/mol. The molecule has 0 spiro atoms. The predicted octanol–water partition coefficient (Wildman–Crippen LogP) is 0.260. The number of fused-ring (bicyclic) bond motifs is 1. The number of rotatable bonds is 4. The Morgan fingerprint density at radius 1 is 1.50 bits per heavy atom. The van der Waals surface area contributed by atoms with Crippen molar-refractivity contribution in [2.75, 3.05) is 24.6 Å². The Morgan fingerprint density at radius 3 is 2.94 bits per heavy atom. The molecule has 0 radical (unpaired) electrons. The van der Waals surface area contributed by atoms with Crippen molar-refractivity contribution in [1.82, 2.24) is 0 Å². The Morgan fingerprint density at radius 2 is 2.28 bits per heavy atom. The third-order valence-electron chi connectivity index (χ3n) is 2.87. The van der Waals surface area contributed by atoms with Crippen LogP contribution in [0.2, 0.25) is 0 Å². The highest BCUT2D eigenvalue weighted by Gasteiger charge is 2.26. The molecule has 1 heterocycles. The fourth-order valence-electron chi connectivity index (χ4n) is 2.06. The normalized spacial score (nSPS) is 16.2. The van der Waals surface area contributed by atoms with E-state index in [0.29, 0.717) is 13.1 Å². The van der Waals surface area contributed by atoms with Crippen molar-refractivity contribution in [3.8, 4) is 5.75 Å². The molecule has 2 rings (SSSR count). The number of amides is 1. The van der Waals surface area contributed by atoms with Crippen molar-refractivity contribution in [2.24, 2.45) is 11.5 Å². The monoisotopic (exact) mass is 249 g/mol. The van der Waals surface area contributed by atoms with Gasteiger partial charge >= 0.3 is 0 Å². The molecular formula is C13H19N3O2. The maximum atomic E-state index is 11.9. The SMILES string of the molecule is CC(N)CN1C(=O)COc2ccc(CCN)cc21. The van der Waals surface area contributed by atoms with Crippen LogP contribution in [0, 0.1) is 0 Å². The van der Waals surface area contributed by atoms with Gasteiger partial charge in [0.1, 0.15) is 5.75 Å². The number of anilines is 1. The second kappa shape index (κ2) is 5.37. The smallest absolute Gasteiger partial charge is 0.265 e. The number of hydrogen-bond acceptors (Lipinski definition) is 4. The molecule has 18 heavy (non-hydrogen) atoms. The van der Waals surface area contributed by atoms with Crippen LogP contribution in [0.25, 0.3) is 0 Å². The van der Waals surface area contributed by atoms with Gasteiger partial charge in [-0.05, 0) is 37.6 Å². The van der Waals surface area contributed by atoms with Gasteiger partial charge in [-0.2, -0.15) is 0 Å². The summed E-state index contributed by atoms with van der Waals surface area (Å²) in [5.74, 6) is 0.681. The summed E-state index contributed by atoms with van der Waals surface area (Å²) in [6.07, 6.45) is 0.785. The number of ether oxygens (including phenoxy) is 1. The zero-order chi connectivity index (χ0) is 13.1. The fraction of sp³-hybridized carbons (Fsp3) is 0.462. The van der Waals surface area contributed by atoms with Crippen molar-refractivity contribution in [2.45, 2.75) is 19.4 Å². The van der Waals surface area contributed by atoms with E-state index in [2.05, 4.69) is 0 Å². The Kier molecular flexibility index (Phi) is 3.84. The van der Waals surface area contributed by atoms with E-state index in [1.54, 1.807) is 4.90 Å². The third-order valence-corrected chi connectivity index (χ3v) is 2.87. The second-order valence-electron chi connectivity index (χ2n) is 4.61. The lowest BCUT2D eigenvalue weighted by molar-refractivity contribution is -0.121. The lowest BCUT2D eigenvalue weighted by Crippen LogP contribution is -2.44. The Bertz CT molecular complexity index is 446. The molecule has 5 nitrogen and oxygen atoms in total. The van der Waals surface area contributed by atoms with Crippen molar-refractivity contribution in [1.29, 1.82) is 0 Å². The minimum Gasteiger partial charge on any atom is -0.482 e. The van der Waals surface area contributed by atoms with Gasteiger partial charge in [0.05, 0.1) is 5.69 Å². The van der Waals surface area contributed by atoms with E-state index in [9.17, 15) is 4.79 Å². The highest BCUT2D eigenvalue weighted by Crippen LogP contribution is 2.33. The molecule has 0 saturated heterocycles. The molecule has 0 bridgehead atoms. The average Bonchev–Trinajstić information content (AvgIpc) is 2.33. The van der Waals surface area contributed by atoms with Crippen LogP contribution in [0.3, 0.4) is 0 Å². The van der Waals surface area contributed by atoms with E-state index in [4.69, 9.17) is 16.2 Å². The maximum Gasteiger partial charge on any atom is 0.265 e. The van der Waals surface area contributed by atoms with Gasteiger partial charge in [-0.15, -0.1) is 0 Å². The highest BCUT2D eigenvalue weighted by molar-refractivity contribution is 5.98. The second-order valence-corrected chi connectivity index (χ2v) is 4.61. The van der Waals surface area contributed by atoms with E-state index in [-0.39, 0.29) is 18.6 Å². The summed E-state index contributed by atoms with van der Waals surface area (Å²) in [5.41, 5.74) is 13.2. The number of nitrogens with two attached hydrogens (primary N) is 2. The largest absolute Gasteiger partial charge is 0.482 e. The summed E-state index contributed by atoms with van der Waals surface area (Å²) < 4.78 is 5.42. The number of hydrogen-bond donors (Lipinski definition) is 2. The van der Waals surface area contributed by atoms with Crippen molar-refractivity contribution in [3.63, 3.8) is 0 Å². The number of carbonyl (C=O) groups excluding carboxylic acids is 1. The highest BCUT2D eigenvalue weighted by atomic mass is 16.5. The lowest BCUT2D eigenvalue weighted by Gasteiger charge is -2.31. The Hall–Kier alpha value is -1.59. The molecule has 5 heteroatoms.